The maximum absolute atomic E-state index is 12.7. The number of hydrogen-bond acceptors (Lipinski definition) is 11. The monoisotopic (exact) mass is 652 g/mol. The zero-order valence-corrected chi connectivity index (χ0v) is 28.1. The summed E-state index contributed by atoms with van der Waals surface area (Å²) in [6.45, 7) is 11.9. The second kappa shape index (κ2) is 9.66. The Balaban J connectivity index is 1.13. The highest BCUT2D eigenvalue weighted by molar-refractivity contribution is 5.36. The standard InChI is InChI=1S/C35H56O11/c1-29(2)19-7-8-20-31(5)28(41)35-25(16(13-36)11-18(45-35)26(46-35)30(3,4)42)32(31,6)21(38)12-34(20)15-33(19,34)10-9-22(29)44-27-24(40)23(39)17(37)14-43-27/h16-28,36-42H,7-15H2,1-6H3. The minimum absolute atomic E-state index is 0.0383. The minimum atomic E-state index is -1.42. The smallest absolute Gasteiger partial charge is 0.199 e. The molecule has 5 aliphatic carbocycles. The first-order valence-corrected chi connectivity index (χ1v) is 17.7. The van der Waals surface area contributed by atoms with Crippen LogP contribution in [0.5, 0.6) is 0 Å². The van der Waals surface area contributed by atoms with Crippen LogP contribution in [-0.2, 0) is 18.9 Å². The molecular weight excluding hydrogens is 596 g/mol. The SMILES string of the molecule is CC(C)(O)C1OC23OC1CC(CO)C2C1(C)C(O)CC24CC25CCC(OC2OCC(O)C(O)C2O)C(C)(C)C5CCC4C1(C)C3O. The van der Waals surface area contributed by atoms with Crippen molar-refractivity contribution in [1.82, 2.24) is 0 Å². The molecule has 3 spiro atoms. The average molecular weight is 653 g/mol. The largest absolute Gasteiger partial charge is 0.396 e. The van der Waals surface area contributed by atoms with Crippen LogP contribution < -0.4 is 0 Å². The summed E-state index contributed by atoms with van der Waals surface area (Å²) < 4.78 is 25.5. The lowest BCUT2D eigenvalue weighted by molar-refractivity contribution is -0.304. The molecule has 8 aliphatic rings. The van der Waals surface area contributed by atoms with Gasteiger partial charge in [0.15, 0.2) is 12.1 Å². The predicted molar refractivity (Wildman–Crippen MR) is 162 cm³/mol. The van der Waals surface area contributed by atoms with Crippen LogP contribution in [0.1, 0.15) is 86.5 Å². The third-order valence-corrected chi connectivity index (χ3v) is 16.0. The topological polar surface area (TPSA) is 179 Å². The van der Waals surface area contributed by atoms with Crippen molar-refractivity contribution in [2.24, 2.45) is 50.7 Å². The number of aliphatic hydroxyl groups excluding tert-OH is 6. The molecule has 0 aromatic carbocycles. The van der Waals surface area contributed by atoms with Crippen LogP contribution in [0.15, 0.2) is 0 Å². The second-order valence-corrected chi connectivity index (χ2v) is 18.3. The Morgan fingerprint density at radius 1 is 0.870 bits per heavy atom. The normalized spacial score (nSPS) is 61.6. The molecule has 3 heterocycles. The number of fused-ring (bicyclic) bond motifs is 4. The van der Waals surface area contributed by atoms with Gasteiger partial charge in [-0.25, -0.2) is 0 Å². The van der Waals surface area contributed by atoms with Gasteiger partial charge in [-0.15, -0.1) is 0 Å². The van der Waals surface area contributed by atoms with Crippen LogP contribution in [0, 0.1) is 50.7 Å². The van der Waals surface area contributed by atoms with E-state index in [0.29, 0.717) is 12.8 Å². The van der Waals surface area contributed by atoms with Crippen molar-refractivity contribution in [2.75, 3.05) is 13.2 Å². The van der Waals surface area contributed by atoms with Gasteiger partial charge in [-0.2, -0.15) is 0 Å². The van der Waals surface area contributed by atoms with E-state index in [1.807, 2.05) is 0 Å². The summed E-state index contributed by atoms with van der Waals surface area (Å²) in [5, 5.41) is 77.8. The van der Waals surface area contributed by atoms with Crippen LogP contribution in [0.3, 0.4) is 0 Å². The van der Waals surface area contributed by atoms with Gasteiger partial charge >= 0.3 is 0 Å². The summed E-state index contributed by atoms with van der Waals surface area (Å²) in [6, 6.07) is 0. The predicted octanol–water partition coefficient (Wildman–Crippen LogP) is 1.06. The average Bonchev–Trinajstić information content (AvgIpc) is 3.48. The summed E-state index contributed by atoms with van der Waals surface area (Å²) in [7, 11) is 0. The Kier molecular flexibility index (Phi) is 6.88. The third-order valence-electron chi connectivity index (χ3n) is 16.0. The summed E-state index contributed by atoms with van der Waals surface area (Å²) in [5.41, 5.74) is -3.28. The van der Waals surface area contributed by atoms with Crippen LogP contribution >= 0.6 is 0 Å². The Morgan fingerprint density at radius 3 is 2.24 bits per heavy atom. The Hall–Kier alpha value is -0.440. The van der Waals surface area contributed by atoms with E-state index in [4.69, 9.17) is 18.9 Å². The van der Waals surface area contributed by atoms with E-state index in [0.717, 1.165) is 32.1 Å². The van der Waals surface area contributed by atoms with E-state index < -0.39 is 77.2 Å². The van der Waals surface area contributed by atoms with Gasteiger partial charge in [-0.3, -0.25) is 0 Å². The maximum atomic E-state index is 12.7. The van der Waals surface area contributed by atoms with E-state index in [2.05, 4.69) is 27.7 Å². The van der Waals surface area contributed by atoms with Crippen LogP contribution in [-0.4, -0.2) is 115 Å². The fourth-order valence-corrected chi connectivity index (χ4v) is 13.9. The molecule has 11 heteroatoms. The van der Waals surface area contributed by atoms with Crippen molar-refractivity contribution in [2.45, 2.75) is 153 Å². The molecule has 46 heavy (non-hydrogen) atoms. The lowest BCUT2D eigenvalue weighted by atomic mass is 9.40. The fourth-order valence-electron chi connectivity index (χ4n) is 13.9. The van der Waals surface area contributed by atoms with Crippen molar-refractivity contribution >= 4 is 0 Å². The molecule has 18 unspecified atom stereocenters. The first-order chi connectivity index (χ1) is 21.4. The van der Waals surface area contributed by atoms with Crippen LogP contribution in [0.2, 0.25) is 0 Å². The third kappa shape index (κ3) is 3.58. The molecule has 8 fully saturated rings. The number of ether oxygens (including phenoxy) is 4. The second-order valence-electron chi connectivity index (χ2n) is 18.3. The Morgan fingerprint density at radius 2 is 1.57 bits per heavy atom. The molecule has 2 bridgehead atoms. The molecule has 3 saturated heterocycles. The quantitative estimate of drug-likeness (QED) is 0.216. The van der Waals surface area contributed by atoms with E-state index in [1.165, 1.54) is 0 Å². The van der Waals surface area contributed by atoms with Crippen molar-refractivity contribution < 1.29 is 54.7 Å². The van der Waals surface area contributed by atoms with Gasteiger partial charge in [-0.1, -0.05) is 27.7 Å². The molecule has 0 amide bonds. The highest BCUT2D eigenvalue weighted by atomic mass is 16.8. The zero-order chi connectivity index (χ0) is 33.2. The van der Waals surface area contributed by atoms with Gasteiger partial charge in [0.2, 0.25) is 0 Å². The fraction of sp³-hybridized carbons (Fsp3) is 1.00. The zero-order valence-electron chi connectivity index (χ0n) is 28.1. The van der Waals surface area contributed by atoms with Gasteiger partial charge in [-0.05, 0) is 92.8 Å². The molecule has 8 rings (SSSR count). The van der Waals surface area contributed by atoms with Gasteiger partial charge in [0.25, 0.3) is 0 Å². The number of aliphatic hydroxyl groups is 7. The summed E-state index contributed by atoms with van der Waals surface area (Å²) in [5.74, 6) is -1.73. The van der Waals surface area contributed by atoms with Crippen molar-refractivity contribution in [3.05, 3.63) is 0 Å². The van der Waals surface area contributed by atoms with Gasteiger partial charge in [0.1, 0.15) is 30.5 Å². The van der Waals surface area contributed by atoms with Crippen molar-refractivity contribution in [3.63, 3.8) is 0 Å². The lowest BCUT2D eigenvalue weighted by Gasteiger charge is -2.65. The lowest BCUT2D eigenvalue weighted by Crippen LogP contribution is -2.64. The van der Waals surface area contributed by atoms with E-state index in [9.17, 15) is 35.7 Å². The molecule has 7 N–H and O–H groups in total. The van der Waals surface area contributed by atoms with Gasteiger partial charge in [0, 0.05) is 23.4 Å². The van der Waals surface area contributed by atoms with E-state index >= 15 is 0 Å². The molecule has 5 saturated carbocycles. The van der Waals surface area contributed by atoms with Gasteiger partial charge in [0.05, 0.1) is 30.5 Å². The van der Waals surface area contributed by atoms with Crippen molar-refractivity contribution in [1.29, 1.82) is 0 Å². The van der Waals surface area contributed by atoms with Crippen molar-refractivity contribution in [3.8, 4) is 0 Å². The molecule has 11 nitrogen and oxygen atoms in total. The molecule has 18 atom stereocenters. The minimum Gasteiger partial charge on any atom is -0.396 e. The van der Waals surface area contributed by atoms with Crippen LogP contribution in [0.25, 0.3) is 0 Å². The summed E-state index contributed by atoms with van der Waals surface area (Å²) >= 11 is 0. The molecule has 3 aliphatic heterocycles. The van der Waals surface area contributed by atoms with E-state index in [-0.39, 0.29) is 53.3 Å². The molecule has 0 aromatic rings. The number of hydrogen-bond donors (Lipinski definition) is 7. The number of rotatable bonds is 4. The highest BCUT2D eigenvalue weighted by Crippen LogP contribution is 2.90. The Labute approximate surface area is 271 Å². The molecular formula is C35H56O11. The Bertz CT molecular complexity index is 1260. The maximum Gasteiger partial charge on any atom is 0.199 e. The van der Waals surface area contributed by atoms with E-state index in [1.54, 1.807) is 13.8 Å². The highest BCUT2D eigenvalue weighted by Gasteiger charge is 2.90. The first kappa shape index (κ1) is 32.7. The molecule has 0 radical (unpaired) electrons. The molecule has 0 aromatic heterocycles. The van der Waals surface area contributed by atoms with Gasteiger partial charge < -0.3 is 54.7 Å². The summed E-state index contributed by atoms with van der Waals surface area (Å²) in [6.07, 6.45) is -2.52. The molecule has 262 valence electrons. The summed E-state index contributed by atoms with van der Waals surface area (Å²) in [4.78, 5) is 0. The first-order valence-electron chi connectivity index (χ1n) is 17.7. The van der Waals surface area contributed by atoms with Crippen LogP contribution in [0.4, 0.5) is 0 Å².